The standard InChI is InChI=1S/C11H15BrN2O2/c1-14(7-9(12)8-16-2)11(15)10-5-3-4-6-13-10/h3-6,9H,7-8H2,1-2H3. The zero-order chi connectivity index (χ0) is 12.0. The second-order valence-electron chi connectivity index (χ2n) is 3.45. The van der Waals surface area contributed by atoms with Crippen LogP contribution in [0.3, 0.4) is 0 Å². The number of hydrogen-bond donors (Lipinski definition) is 0. The number of halogens is 1. The number of aromatic nitrogens is 1. The van der Waals surface area contributed by atoms with E-state index >= 15 is 0 Å². The number of carbonyl (C=O) groups is 1. The molecule has 1 atom stereocenters. The zero-order valence-electron chi connectivity index (χ0n) is 9.39. The van der Waals surface area contributed by atoms with Crippen LogP contribution in [0, 0.1) is 0 Å². The zero-order valence-corrected chi connectivity index (χ0v) is 11.0. The van der Waals surface area contributed by atoms with E-state index in [0.29, 0.717) is 18.8 Å². The Morgan fingerprint density at radius 1 is 1.62 bits per heavy atom. The fourth-order valence-electron chi connectivity index (χ4n) is 1.30. The lowest BCUT2D eigenvalue weighted by atomic mass is 10.3. The van der Waals surface area contributed by atoms with Crippen molar-refractivity contribution in [2.45, 2.75) is 4.83 Å². The first-order valence-electron chi connectivity index (χ1n) is 4.94. The van der Waals surface area contributed by atoms with Crippen molar-refractivity contribution in [3.05, 3.63) is 30.1 Å². The van der Waals surface area contributed by atoms with E-state index in [9.17, 15) is 4.79 Å². The van der Waals surface area contributed by atoms with Crippen LogP contribution in [0.4, 0.5) is 0 Å². The molecule has 0 aliphatic rings. The minimum atomic E-state index is -0.0823. The van der Waals surface area contributed by atoms with Gasteiger partial charge in [0, 0.05) is 26.9 Å². The van der Waals surface area contributed by atoms with Gasteiger partial charge in [0.25, 0.3) is 5.91 Å². The van der Waals surface area contributed by atoms with Gasteiger partial charge in [0.1, 0.15) is 5.69 Å². The minimum Gasteiger partial charge on any atom is -0.383 e. The molecule has 1 heterocycles. The second-order valence-corrected chi connectivity index (χ2v) is 4.75. The van der Waals surface area contributed by atoms with Crippen LogP contribution in [0.2, 0.25) is 0 Å². The Morgan fingerprint density at radius 3 is 2.94 bits per heavy atom. The van der Waals surface area contributed by atoms with Crippen molar-refractivity contribution in [2.24, 2.45) is 0 Å². The van der Waals surface area contributed by atoms with Crippen molar-refractivity contribution in [1.82, 2.24) is 9.88 Å². The summed E-state index contributed by atoms with van der Waals surface area (Å²) in [5, 5.41) is 0. The predicted octanol–water partition coefficient (Wildman–Crippen LogP) is 1.56. The Kier molecular flexibility index (Phi) is 5.42. The summed E-state index contributed by atoms with van der Waals surface area (Å²) in [5.74, 6) is -0.0823. The lowest BCUT2D eigenvalue weighted by Crippen LogP contribution is -2.34. The van der Waals surface area contributed by atoms with Crippen LogP contribution in [0.5, 0.6) is 0 Å². The Labute approximate surface area is 104 Å². The number of alkyl halides is 1. The lowest BCUT2D eigenvalue weighted by molar-refractivity contribution is 0.0778. The van der Waals surface area contributed by atoms with E-state index in [1.807, 2.05) is 0 Å². The summed E-state index contributed by atoms with van der Waals surface area (Å²) in [6.45, 7) is 1.16. The van der Waals surface area contributed by atoms with E-state index in [-0.39, 0.29) is 10.7 Å². The van der Waals surface area contributed by atoms with Crippen LogP contribution in [0.1, 0.15) is 10.5 Å². The normalized spacial score (nSPS) is 12.2. The highest BCUT2D eigenvalue weighted by Crippen LogP contribution is 2.05. The summed E-state index contributed by atoms with van der Waals surface area (Å²) >= 11 is 3.44. The topological polar surface area (TPSA) is 42.4 Å². The summed E-state index contributed by atoms with van der Waals surface area (Å²) in [5.41, 5.74) is 0.460. The highest BCUT2D eigenvalue weighted by Gasteiger charge is 2.15. The highest BCUT2D eigenvalue weighted by molar-refractivity contribution is 9.09. The quantitative estimate of drug-likeness (QED) is 0.772. The number of methoxy groups -OCH3 is 1. The molecule has 0 spiro atoms. The minimum absolute atomic E-state index is 0.0823. The van der Waals surface area contributed by atoms with Gasteiger partial charge in [-0.3, -0.25) is 9.78 Å². The summed E-state index contributed by atoms with van der Waals surface area (Å²) in [6, 6.07) is 5.29. The van der Waals surface area contributed by atoms with Crippen molar-refractivity contribution >= 4 is 21.8 Å². The fourth-order valence-corrected chi connectivity index (χ4v) is 2.00. The molecule has 4 nitrogen and oxygen atoms in total. The molecular weight excluding hydrogens is 272 g/mol. The van der Waals surface area contributed by atoms with E-state index < -0.39 is 0 Å². The van der Waals surface area contributed by atoms with E-state index in [1.165, 1.54) is 0 Å². The monoisotopic (exact) mass is 286 g/mol. The molecule has 0 saturated heterocycles. The van der Waals surface area contributed by atoms with E-state index in [0.717, 1.165) is 0 Å². The van der Waals surface area contributed by atoms with Crippen LogP contribution >= 0.6 is 15.9 Å². The van der Waals surface area contributed by atoms with Gasteiger partial charge in [0.15, 0.2) is 0 Å². The molecule has 0 bridgehead atoms. The summed E-state index contributed by atoms with van der Waals surface area (Å²) in [6.07, 6.45) is 1.61. The maximum absolute atomic E-state index is 11.9. The highest BCUT2D eigenvalue weighted by atomic mass is 79.9. The molecule has 0 saturated carbocycles. The second kappa shape index (κ2) is 6.60. The van der Waals surface area contributed by atoms with Gasteiger partial charge in [0.2, 0.25) is 0 Å². The van der Waals surface area contributed by atoms with Crippen molar-refractivity contribution < 1.29 is 9.53 Å². The molecule has 88 valence electrons. The Hall–Kier alpha value is -0.940. The Morgan fingerprint density at radius 2 is 2.38 bits per heavy atom. The van der Waals surface area contributed by atoms with Gasteiger partial charge in [0.05, 0.1) is 11.4 Å². The van der Waals surface area contributed by atoms with Crippen molar-refractivity contribution in [3.8, 4) is 0 Å². The van der Waals surface area contributed by atoms with E-state index in [2.05, 4.69) is 20.9 Å². The number of nitrogens with zero attached hydrogens (tertiary/aromatic N) is 2. The molecule has 0 radical (unpaired) electrons. The molecule has 1 rings (SSSR count). The Bertz CT molecular complexity index is 332. The first-order chi connectivity index (χ1) is 7.65. The van der Waals surface area contributed by atoms with Gasteiger partial charge in [-0.25, -0.2) is 0 Å². The smallest absolute Gasteiger partial charge is 0.272 e. The number of carbonyl (C=O) groups excluding carboxylic acids is 1. The van der Waals surface area contributed by atoms with E-state index in [1.54, 1.807) is 43.5 Å². The molecular formula is C11H15BrN2O2. The molecule has 1 aromatic rings. The largest absolute Gasteiger partial charge is 0.383 e. The molecule has 16 heavy (non-hydrogen) atoms. The summed E-state index contributed by atoms with van der Waals surface area (Å²) in [4.78, 5) is 17.7. The van der Waals surface area contributed by atoms with Crippen molar-refractivity contribution in [2.75, 3.05) is 27.3 Å². The molecule has 0 aromatic carbocycles. The van der Waals surface area contributed by atoms with Gasteiger partial charge in [-0.15, -0.1) is 0 Å². The Balaban J connectivity index is 2.55. The van der Waals surface area contributed by atoms with Gasteiger partial charge < -0.3 is 9.64 Å². The molecule has 1 amide bonds. The molecule has 5 heteroatoms. The maximum atomic E-state index is 11.9. The number of ether oxygens (including phenoxy) is 1. The van der Waals surface area contributed by atoms with E-state index in [4.69, 9.17) is 4.74 Å². The summed E-state index contributed by atoms with van der Waals surface area (Å²) in [7, 11) is 3.38. The molecule has 0 aliphatic heterocycles. The SMILES string of the molecule is COCC(Br)CN(C)C(=O)c1ccccn1. The molecule has 0 fully saturated rings. The molecule has 1 unspecified atom stereocenters. The average molecular weight is 287 g/mol. The number of rotatable bonds is 5. The lowest BCUT2D eigenvalue weighted by Gasteiger charge is -2.19. The van der Waals surface area contributed by atoms with Crippen LogP contribution in [-0.4, -0.2) is 47.9 Å². The third kappa shape index (κ3) is 3.90. The number of amides is 1. The third-order valence-corrected chi connectivity index (χ3v) is 2.60. The number of pyridine rings is 1. The molecule has 0 N–H and O–H groups in total. The van der Waals surface area contributed by atoms with Crippen LogP contribution in [0.25, 0.3) is 0 Å². The number of hydrogen-bond acceptors (Lipinski definition) is 3. The predicted molar refractivity (Wildman–Crippen MR) is 65.8 cm³/mol. The van der Waals surface area contributed by atoms with Crippen molar-refractivity contribution in [3.63, 3.8) is 0 Å². The van der Waals surface area contributed by atoms with Crippen LogP contribution in [-0.2, 0) is 4.74 Å². The molecule has 0 aliphatic carbocycles. The van der Waals surface area contributed by atoms with Crippen LogP contribution in [0.15, 0.2) is 24.4 Å². The van der Waals surface area contributed by atoms with Gasteiger partial charge >= 0.3 is 0 Å². The van der Waals surface area contributed by atoms with Gasteiger partial charge in [-0.05, 0) is 12.1 Å². The third-order valence-electron chi connectivity index (χ3n) is 2.05. The van der Waals surface area contributed by atoms with Crippen molar-refractivity contribution in [1.29, 1.82) is 0 Å². The fraction of sp³-hybridized carbons (Fsp3) is 0.455. The average Bonchev–Trinajstić information content (AvgIpc) is 2.29. The first kappa shape index (κ1) is 13.1. The van der Waals surface area contributed by atoms with Crippen LogP contribution < -0.4 is 0 Å². The van der Waals surface area contributed by atoms with Gasteiger partial charge in [-0.2, -0.15) is 0 Å². The van der Waals surface area contributed by atoms with Gasteiger partial charge in [-0.1, -0.05) is 22.0 Å². The maximum Gasteiger partial charge on any atom is 0.272 e. The first-order valence-corrected chi connectivity index (χ1v) is 5.86. The summed E-state index contributed by atoms with van der Waals surface area (Å²) < 4.78 is 4.99. The molecule has 1 aromatic heterocycles.